The quantitative estimate of drug-likeness (QED) is 0.602. The summed E-state index contributed by atoms with van der Waals surface area (Å²) >= 11 is 0. The van der Waals surface area contributed by atoms with Crippen LogP contribution in [0.15, 0.2) is 0 Å². The molecule has 0 bridgehead atoms. The zero-order valence-electron chi connectivity index (χ0n) is 9.71. The van der Waals surface area contributed by atoms with Crippen molar-refractivity contribution >= 4 is 12.0 Å². The van der Waals surface area contributed by atoms with Crippen LogP contribution in [0.25, 0.3) is 0 Å². The molecule has 2 amide bonds. The lowest BCUT2D eigenvalue weighted by Crippen LogP contribution is -2.54. The molecule has 92 valence electrons. The largest absolute Gasteiger partial charge is 0.481 e. The maximum absolute atomic E-state index is 11.4. The van der Waals surface area contributed by atoms with Gasteiger partial charge in [0, 0.05) is 18.5 Å². The molecule has 1 rings (SSSR count). The molecule has 16 heavy (non-hydrogen) atoms. The minimum absolute atomic E-state index is 0.0227. The maximum Gasteiger partial charge on any atom is 0.315 e. The Bertz CT molecular complexity index is 262. The van der Waals surface area contributed by atoms with Gasteiger partial charge in [-0.3, -0.25) is 4.79 Å². The minimum Gasteiger partial charge on any atom is -0.481 e. The van der Waals surface area contributed by atoms with E-state index >= 15 is 0 Å². The SMILES string of the molecule is CC1(NC(=O)NCCCCC(=O)O)CCC1. The summed E-state index contributed by atoms with van der Waals surface area (Å²) in [6.45, 7) is 2.58. The molecule has 1 aliphatic rings. The van der Waals surface area contributed by atoms with E-state index in [1.54, 1.807) is 0 Å². The first-order valence-corrected chi connectivity index (χ1v) is 5.80. The van der Waals surface area contributed by atoms with E-state index in [0.29, 0.717) is 19.4 Å². The van der Waals surface area contributed by atoms with Crippen LogP contribution in [-0.4, -0.2) is 29.2 Å². The van der Waals surface area contributed by atoms with Gasteiger partial charge in [-0.25, -0.2) is 4.79 Å². The van der Waals surface area contributed by atoms with E-state index in [4.69, 9.17) is 5.11 Å². The average molecular weight is 228 g/mol. The van der Waals surface area contributed by atoms with Crippen molar-refractivity contribution in [1.29, 1.82) is 0 Å². The molecular formula is C11H20N2O3. The highest BCUT2D eigenvalue weighted by molar-refractivity contribution is 5.74. The monoisotopic (exact) mass is 228 g/mol. The van der Waals surface area contributed by atoms with Gasteiger partial charge in [-0.1, -0.05) is 0 Å². The van der Waals surface area contributed by atoms with E-state index in [1.165, 1.54) is 6.42 Å². The van der Waals surface area contributed by atoms with Crippen molar-refractivity contribution in [1.82, 2.24) is 10.6 Å². The fraction of sp³-hybridized carbons (Fsp3) is 0.818. The summed E-state index contributed by atoms with van der Waals surface area (Å²) < 4.78 is 0. The van der Waals surface area contributed by atoms with E-state index < -0.39 is 5.97 Å². The molecule has 0 unspecified atom stereocenters. The Morgan fingerprint density at radius 1 is 1.31 bits per heavy atom. The molecule has 1 fully saturated rings. The number of amides is 2. The van der Waals surface area contributed by atoms with Gasteiger partial charge in [-0.2, -0.15) is 0 Å². The molecule has 0 aromatic rings. The predicted molar refractivity (Wildman–Crippen MR) is 60.3 cm³/mol. The molecule has 0 heterocycles. The van der Waals surface area contributed by atoms with Crippen LogP contribution in [0.4, 0.5) is 4.79 Å². The van der Waals surface area contributed by atoms with E-state index in [1.807, 2.05) is 6.92 Å². The fourth-order valence-corrected chi connectivity index (χ4v) is 1.75. The Morgan fingerprint density at radius 2 is 2.00 bits per heavy atom. The van der Waals surface area contributed by atoms with Crippen molar-refractivity contribution in [2.75, 3.05) is 6.54 Å². The summed E-state index contributed by atoms with van der Waals surface area (Å²) in [6, 6.07) is -0.141. The molecule has 5 heteroatoms. The lowest BCUT2D eigenvalue weighted by molar-refractivity contribution is -0.137. The van der Waals surface area contributed by atoms with Gasteiger partial charge in [-0.05, 0) is 39.0 Å². The molecular weight excluding hydrogens is 208 g/mol. The summed E-state index contributed by atoms with van der Waals surface area (Å²) in [5, 5.41) is 14.1. The normalized spacial score (nSPS) is 17.3. The zero-order chi connectivity index (χ0) is 12.0. The van der Waals surface area contributed by atoms with Gasteiger partial charge in [-0.15, -0.1) is 0 Å². The number of hydrogen-bond acceptors (Lipinski definition) is 2. The second-order valence-electron chi connectivity index (χ2n) is 4.65. The molecule has 0 saturated heterocycles. The number of carboxylic acids is 1. The third-order valence-electron chi connectivity index (χ3n) is 2.98. The molecule has 5 nitrogen and oxygen atoms in total. The van der Waals surface area contributed by atoms with Gasteiger partial charge in [0.15, 0.2) is 0 Å². The number of unbranched alkanes of at least 4 members (excludes halogenated alkanes) is 1. The van der Waals surface area contributed by atoms with Gasteiger partial charge in [0.1, 0.15) is 0 Å². The highest BCUT2D eigenvalue weighted by Crippen LogP contribution is 2.30. The van der Waals surface area contributed by atoms with Crippen LogP contribution in [0.5, 0.6) is 0 Å². The van der Waals surface area contributed by atoms with Crippen LogP contribution in [0.2, 0.25) is 0 Å². The Morgan fingerprint density at radius 3 is 2.50 bits per heavy atom. The molecule has 0 aromatic heterocycles. The lowest BCUT2D eigenvalue weighted by Gasteiger charge is -2.39. The molecule has 0 aromatic carbocycles. The lowest BCUT2D eigenvalue weighted by atomic mass is 9.79. The van der Waals surface area contributed by atoms with Gasteiger partial charge in [0.05, 0.1) is 0 Å². The number of hydrogen-bond donors (Lipinski definition) is 3. The Hall–Kier alpha value is -1.26. The van der Waals surface area contributed by atoms with E-state index in [9.17, 15) is 9.59 Å². The number of rotatable bonds is 6. The number of aliphatic carboxylic acids is 1. The Balaban J connectivity index is 2.00. The summed E-state index contributed by atoms with van der Waals surface area (Å²) in [5.41, 5.74) is -0.0227. The first kappa shape index (κ1) is 12.8. The molecule has 3 N–H and O–H groups in total. The van der Waals surface area contributed by atoms with Crippen LogP contribution in [-0.2, 0) is 4.79 Å². The van der Waals surface area contributed by atoms with Gasteiger partial charge < -0.3 is 15.7 Å². The van der Waals surface area contributed by atoms with Crippen LogP contribution in [0.1, 0.15) is 45.4 Å². The molecule has 1 aliphatic carbocycles. The standard InChI is InChI=1S/C11H20N2O3/c1-11(6-4-7-11)13-10(16)12-8-3-2-5-9(14)15/h2-8H2,1H3,(H,14,15)(H2,12,13,16). The minimum atomic E-state index is -0.786. The number of carbonyl (C=O) groups is 2. The molecule has 0 atom stereocenters. The van der Waals surface area contributed by atoms with Crippen LogP contribution < -0.4 is 10.6 Å². The summed E-state index contributed by atoms with van der Waals surface area (Å²) in [7, 11) is 0. The van der Waals surface area contributed by atoms with Crippen molar-refractivity contribution in [2.45, 2.75) is 51.0 Å². The third kappa shape index (κ3) is 4.51. The van der Waals surface area contributed by atoms with Gasteiger partial charge in [0.2, 0.25) is 0 Å². The van der Waals surface area contributed by atoms with Crippen molar-refractivity contribution in [3.05, 3.63) is 0 Å². The van der Waals surface area contributed by atoms with Crippen molar-refractivity contribution in [3.8, 4) is 0 Å². The predicted octanol–water partition coefficient (Wildman–Crippen LogP) is 1.48. The van der Waals surface area contributed by atoms with E-state index in [0.717, 1.165) is 12.8 Å². The van der Waals surface area contributed by atoms with Gasteiger partial charge in [0.25, 0.3) is 0 Å². The fourth-order valence-electron chi connectivity index (χ4n) is 1.75. The maximum atomic E-state index is 11.4. The van der Waals surface area contributed by atoms with Gasteiger partial charge >= 0.3 is 12.0 Å². The number of nitrogens with one attached hydrogen (secondary N) is 2. The zero-order valence-corrected chi connectivity index (χ0v) is 9.71. The number of urea groups is 1. The highest BCUT2D eigenvalue weighted by atomic mass is 16.4. The number of carbonyl (C=O) groups excluding carboxylic acids is 1. The molecule has 1 saturated carbocycles. The molecule has 0 radical (unpaired) electrons. The summed E-state index contributed by atoms with van der Waals surface area (Å²) in [6.07, 6.45) is 4.73. The Labute approximate surface area is 95.6 Å². The molecule has 0 spiro atoms. The first-order valence-electron chi connectivity index (χ1n) is 5.80. The highest BCUT2D eigenvalue weighted by Gasteiger charge is 2.32. The van der Waals surface area contributed by atoms with Crippen molar-refractivity contribution in [3.63, 3.8) is 0 Å². The second kappa shape index (κ2) is 5.72. The summed E-state index contributed by atoms with van der Waals surface area (Å²) in [5.74, 6) is -0.786. The average Bonchev–Trinajstić information content (AvgIpc) is 2.14. The third-order valence-corrected chi connectivity index (χ3v) is 2.98. The smallest absolute Gasteiger partial charge is 0.315 e. The van der Waals surface area contributed by atoms with E-state index in [2.05, 4.69) is 10.6 Å². The van der Waals surface area contributed by atoms with Crippen LogP contribution >= 0.6 is 0 Å². The second-order valence-corrected chi connectivity index (χ2v) is 4.65. The van der Waals surface area contributed by atoms with Crippen molar-refractivity contribution < 1.29 is 14.7 Å². The first-order chi connectivity index (χ1) is 7.52. The van der Waals surface area contributed by atoms with Crippen molar-refractivity contribution in [2.24, 2.45) is 0 Å². The van der Waals surface area contributed by atoms with E-state index in [-0.39, 0.29) is 18.0 Å². The van der Waals surface area contributed by atoms with Crippen LogP contribution in [0, 0.1) is 0 Å². The Kier molecular flexibility index (Phi) is 4.58. The summed E-state index contributed by atoms with van der Waals surface area (Å²) in [4.78, 5) is 21.6. The van der Waals surface area contributed by atoms with Crippen LogP contribution in [0.3, 0.4) is 0 Å². The topological polar surface area (TPSA) is 78.4 Å². The molecule has 0 aliphatic heterocycles. The number of carboxylic acid groups (broad SMARTS) is 1.